The van der Waals surface area contributed by atoms with Crippen LogP contribution in [0.25, 0.3) is 0 Å². The van der Waals surface area contributed by atoms with Gasteiger partial charge in [0, 0.05) is 43.9 Å². The van der Waals surface area contributed by atoms with Crippen LogP contribution in [0.1, 0.15) is 30.1 Å². The number of amides is 2. The van der Waals surface area contributed by atoms with Crippen molar-refractivity contribution >= 4 is 17.5 Å². The van der Waals surface area contributed by atoms with Crippen LogP contribution in [0.5, 0.6) is 0 Å². The fraction of sp³-hybridized carbons (Fsp3) is 0.556. The van der Waals surface area contributed by atoms with Gasteiger partial charge in [-0.1, -0.05) is 0 Å². The SMILES string of the molecule is CCOC1CN(C)CC1NC(=O)c1ccc(N2CCCC2=O)cc1. The Morgan fingerprint density at radius 3 is 2.67 bits per heavy atom. The molecule has 2 fully saturated rings. The highest BCUT2D eigenvalue weighted by molar-refractivity contribution is 5.97. The maximum atomic E-state index is 12.5. The van der Waals surface area contributed by atoms with Gasteiger partial charge in [0.2, 0.25) is 5.91 Å². The Morgan fingerprint density at radius 2 is 2.04 bits per heavy atom. The van der Waals surface area contributed by atoms with E-state index in [1.54, 1.807) is 17.0 Å². The summed E-state index contributed by atoms with van der Waals surface area (Å²) in [6.07, 6.45) is 1.54. The number of likely N-dealkylation sites (tertiary alicyclic amines) is 1. The van der Waals surface area contributed by atoms with Gasteiger partial charge in [0.1, 0.15) is 0 Å². The second kappa shape index (κ2) is 7.32. The summed E-state index contributed by atoms with van der Waals surface area (Å²) >= 11 is 0. The molecule has 0 saturated carbocycles. The molecule has 6 heteroatoms. The van der Waals surface area contributed by atoms with Crippen molar-refractivity contribution in [1.29, 1.82) is 0 Å². The predicted molar refractivity (Wildman–Crippen MR) is 92.2 cm³/mol. The minimum atomic E-state index is -0.0979. The molecule has 2 aliphatic heterocycles. The molecule has 24 heavy (non-hydrogen) atoms. The standard InChI is InChI=1S/C18H25N3O3/c1-3-24-16-12-20(2)11-15(16)19-18(23)13-6-8-14(9-7-13)21-10-4-5-17(21)22/h6-9,15-16H,3-5,10-12H2,1-2H3,(H,19,23). The Hall–Kier alpha value is -1.92. The molecule has 1 aromatic carbocycles. The van der Waals surface area contributed by atoms with Crippen molar-refractivity contribution in [3.05, 3.63) is 29.8 Å². The van der Waals surface area contributed by atoms with Gasteiger partial charge in [0.25, 0.3) is 5.91 Å². The first kappa shape index (κ1) is 16.9. The fourth-order valence-electron chi connectivity index (χ4n) is 3.45. The van der Waals surface area contributed by atoms with E-state index < -0.39 is 0 Å². The van der Waals surface area contributed by atoms with Crippen molar-refractivity contribution < 1.29 is 14.3 Å². The van der Waals surface area contributed by atoms with E-state index in [-0.39, 0.29) is 24.0 Å². The molecule has 0 radical (unpaired) electrons. The molecule has 1 aromatic rings. The zero-order valence-electron chi connectivity index (χ0n) is 14.3. The highest BCUT2D eigenvalue weighted by Gasteiger charge is 2.32. The molecule has 2 unspecified atom stereocenters. The molecule has 2 heterocycles. The molecule has 130 valence electrons. The molecule has 0 aromatic heterocycles. The number of nitrogens with zero attached hydrogens (tertiary/aromatic N) is 2. The van der Waals surface area contributed by atoms with E-state index in [1.165, 1.54) is 0 Å². The quantitative estimate of drug-likeness (QED) is 0.882. The van der Waals surface area contributed by atoms with Gasteiger partial charge >= 0.3 is 0 Å². The van der Waals surface area contributed by atoms with Crippen molar-refractivity contribution in [3.8, 4) is 0 Å². The lowest BCUT2D eigenvalue weighted by molar-refractivity contribution is -0.117. The van der Waals surface area contributed by atoms with Crippen LogP contribution in [0.2, 0.25) is 0 Å². The van der Waals surface area contributed by atoms with E-state index in [4.69, 9.17) is 4.74 Å². The summed E-state index contributed by atoms with van der Waals surface area (Å²) in [4.78, 5) is 28.2. The Bertz CT molecular complexity index is 602. The maximum Gasteiger partial charge on any atom is 0.251 e. The molecule has 0 spiro atoms. The highest BCUT2D eigenvalue weighted by Crippen LogP contribution is 2.22. The van der Waals surface area contributed by atoms with Gasteiger partial charge in [-0.15, -0.1) is 0 Å². The lowest BCUT2D eigenvalue weighted by atomic mass is 10.1. The van der Waals surface area contributed by atoms with E-state index in [2.05, 4.69) is 10.2 Å². The summed E-state index contributed by atoms with van der Waals surface area (Å²) in [7, 11) is 2.03. The van der Waals surface area contributed by atoms with Crippen molar-refractivity contribution in [3.63, 3.8) is 0 Å². The van der Waals surface area contributed by atoms with Crippen LogP contribution < -0.4 is 10.2 Å². The van der Waals surface area contributed by atoms with Crippen molar-refractivity contribution in [2.45, 2.75) is 31.9 Å². The minimum absolute atomic E-state index is 0.00212. The average molecular weight is 331 g/mol. The molecule has 0 aliphatic carbocycles. The van der Waals surface area contributed by atoms with Gasteiger partial charge in [-0.2, -0.15) is 0 Å². The number of benzene rings is 1. The number of ether oxygens (including phenoxy) is 1. The summed E-state index contributed by atoms with van der Waals surface area (Å²) in [5.41, 5.74) is 1.47. The van der Waals surface area contributed by atoms with Crippen LogP contribution in [-0.4, -0.2) is 62.1 Å². The highest BCUT2D eigenvalue weighted by atomic mass is 16.5. The molecular formula is C18H25N3O3. The summed E-state index contributed by atoms with van der Waals surface area (Å²) < 4.78 is 5.72. The number of hydrogen-bond donors (Lipinski definition) is 1. The zero-order chi connectivity index (χ0) is 17.1. The number of likely N-dealkylation sites (N-methyl/N-ethyl adjacent to an activating group) is 1. The number of nitrogens with one attached hydrogen (secondary N) is 1. The third-order valence-corrected chi connectivity index (χ3v) is 4.66. The van der Waals surface area contributed by atoms with Crippen molar-refractivity contribution in [1.82, 2.24) is 10.2 Å². The van der Waals surface area contributed by atoms with Gasteiger partial charge in [0.05, 0.1) is 12.1 Å². The smallest absolute Gasteiger partial charge is 0.251 e. The number of anilines is 1. The van der Waals surface area contributed by atoms with Crippen LogP contribution in [0.15, 0.2) is 24.3 Å². The molecule has 1 N–H and O–H groups in total. The van der Waals surface area contributed by atoms with Gasteiger partial charge in [-0.25, -0.2) is 0 Å². The Kier molecular flexibility index (Phi) is 5.16. The summed E-state index contributed by atoms with van der Waals surface area (Å²) in [6, 6.07) is 7.26. The van der Waals surface area contributed by atoms with Gasteiger partial charge < -0.3 is 19.9 Å². The predicted octanol–water partition coefficient (Wildman–Crippen LogP) is 1.26. The molecule has 2 saturated heterocycles. The van der Waals surface area contributed by atoms with E-state index in [9.17, 15) is 9.59 Å². The van der Waals surface area contributed by atoms with E-state index in [1.807, 2.05) is 26.1 Å². The Morgan fingerprint density at radius 1 is 1.29 bits per heavy atom. The molecule has 6 nitrogen and oxygen atoms in total. The first-order valence-corrected chi connectivity index (χ1v) is 8.60. The zero-order valence-corrected chi connectivity index (χ0v) is 14.3. The third-order valence-electron chi connectivity index (χ3n) is 4.66. The number of rotatable bonds is 5. The van der Waals surface area contributed by atoms with E-state index in [0.717, 1.165) is 31.7 Å². The molecule has 2 aliphatic rings. The minimum Gasteiger partial charge on any atom is -0.375 e. The van der Waals surface area contributed by atoms with E-state index >= 15 is 0 Å². The second-order valence-corrected chi connectivity index (χ2v) is 6.49. The summed E-state index contributed by atoms with van der Waals surface area (Å²) in [5.74, 6) is 0.0556. The fourth-order valence-corrected chi connectivity index (χ4v) is 3.45. The number of hydrogen-bond acceptors (Lipinski definition) is 4. The lowest BCUT2D eigenvalue weighted by Gasteiger charge is -2.20. The van der Waals surface area contributed by atoms with Crippen LogP contribution in [0, 0.1) is 0 Å². The molecule has 3 rings (SSSR count). The van der Waals surface area contributed by atoms with Crippen LogP contribution in [-0.2, 0) is 9.53 Å². The average Bonchev–Trinajstić information content (AvgIpc) is 3.14. The molecule has 2 atom stereocenters. The summed E-state index contributed by atoms with van der Waals surface area (Å²) in [5, 5.41) is 3.07. The van der Waals surface area contributed by atoms with Crippen LogP contribution >= 0.6 is 0 Å². The van der Waals surface area contributed by atoms with Gasteiger partial charge in [-0.05, 0) is 44.7 Å². The Balaban J connectivity index is 1.63. The summed E-state index contributed by atoms with van der Waals surface area (Å²) in [6.45, 7) is 4.99. The molecular weight excluding hydrogens is 306 g/mol. The molecule has 0 bridgehead atoms. The largest absolute Gasteiger partial charge is 0.375 e. The number of carbonyl (C=O) groups excluding carboxylic acids is 2. The van der Waals surface area contributed by atoms with Crippen LogP contribution in [0.3, 0.4) is 0 Å². The number of carbonyl (C=O) groups is 2. The molecule has 2 amide bonds. The van der Waals surface area contributed by atoms with Crippen LogP contribution in [0.4, 0.5) is 5.69 Å². The second-order valence-electron chi connectivity index (χ2n) is 6.49. The monoisotopic (exact) mass is 331 g/mol. The lowest BCUT2D eigenvalue weighted by Crippen LogP contribution is -2.44. The first-order valence-electron chi connectivity index (χ1n) is 8.60. The Labute approximate surface area is 142 Å². The van der Waals surface area contributed by atoms with E-state index in [0.29, 0.717) is 18.6 Å². The van der Waals surface area contributed by atoms with Crippen molar-refractivity contribution in [2.24, 2.45) is 0 Å². The normalized spacial score (nSPS) is 24.6. The maximum absolute atomic E-state index is 12.5. The van der Waals surface area contributed by atoms with Gasteiger partial charge in [0.15, 0.2) is 0 Å². The third kappa shape index (κ3) is 3.60. The van der Waals surface area contributed by atoms with Gasteiger partial charge in [-0.3, -0.25) is 9.59 Å². The first-order chi connectivity index (χ1) is 11.6. The van der Waals surface area contributed by atoms with Crippen molar-refractivity contribution in [2.75, 3.05) is 38.2 Å². The topological polar surface area (TPSA) is 61.9 Å².